The Balaban J connectivity index is 1.90. The SMILES string of the molecule is CNC(c1cccc(OC2CC2)c1)c1ccccc1Br. The second-order valence-electron chi connectivity index (χ2n) is 5.13. The normalized spacial score (nSPS) is 15.9. The molecule has 0 spiro atoms. The summed E-state index contributed by atoms with van der Waals surface area (Å²) in [6, 6.07) is 16.8. The second kappa shape index (κ2) is 5.98. The summed E-state index contributed by atoms with van der Waals surface area (Å²) in [5.41, 5.74) is 2.45. The highest BCUT2D eigenvalue weighted by Gasteiger charge is 2.24. The Morgan fingerprint density at radius 3 is 2.65 bits per heavy atom. The zero-order valence-electron chi connectivity index (χ0n) is 11.5. The van der Waals surface area contributed by atoms with Gasteiger partial charge in [0.15, 0.2) is 0 Å². The third-order valence-electron chi connectivity index (χ3n) is 3.52. The summed E-state index contributed by atoms with van der Waals surface area (Å²) in [7, 11) is 1.98. The van der Waals surface area contributed by atoms with E-state index in [4.69, 9.17) is 4.74 Å². The molecule has 0 amide bonds. The van der Waals surface area contributed by atoms with Crippen molar-refractivity contribution in [2.45, 2.75) is 25.0 Å². The van der Waals surface area contributed by atoms with Crippen molar-refractivity contribution < 1.29 is 4.74 Å². The topological polar surface area (TPSA) is 21.3 Å². The van der Waals surface area contributed by atoms with Gasteiger partial charge in [0.05, 0.1) is 12.1 Å². The summed E-state index contributed by atoms with van der Waals surface area (Å²) < 4.78 is 7.01. The third-order valence-corrected chi connectivity index (χ3v) is 4.25. The van der Waals surface area contributed by atoms with Gasteiger partial charge in [-0.1, -0.05) is 46.3 Å². The predicted octanol–water partition coefficient (Wildman–Crippen LogP) is 4.30. The molecule has 1 fully saturated rings. The van der Waals surface area contributed by atoms with E-state index in [0.29, 0.717) is 6.10 Å². The molecule has 0 bridgehead atoms. The fourth-order valence-electron chi connectivity index (χ4n) is 2.36. The molecule has 1 N–H and O–H groups in total. The lowest BCUT2D eigenvalue weighted by atomic mass is 9.99. The zero-order valence-corrected chi connectivity index (χ0v) is 13.1. The van der Waals surface area contributed by atoms with Gasteiger partial charge in [0, 0.05) is 4.47 Å². The molecule has 1 saturated carbocycles. The Bertz CT molecular complexity index is 595. The number of benzene rings is 2. The Morgan fingerprint density at radius 2 is 1.95 bits per heavy atom. The Morgan fingerprint density at radius 1 is 1.15 bits per heavy atom. The Hall–Kier alpha value is -1.32. The molecule has 20 heavy (non-hydrogen) atoms. The van der Waals surface area contributed by atoms with Crippen LogP contribution in [0.4, 0.5) is 0 Å². The van der Waals surface area contributed by atoms with Crippen molar-refractivity contribution in [2.75, 3.05) is 7.05 Å². The fourth-order valence-corrected chi connectivity index (χ4v) is 2.87. The first-order valence-corrected chi connectivity index (χ1v) is 7.75. The lowest BCUT2D eigenvalue weighted by Crippen LogP contribution is -2.18. The fraction of sp³-hybridized carbons (Fsp3) is 0.294. The molecule has 0 saturated heterocycles. The van der Waals surface area contributed by atoms with Crippen LogP contribution >= 0.6 is 15.9 Å². The van der Waals surface area contributed by atoms with Gasteiger partial charge in [0.2, 0.25) is 0 Å². The van der Waals surface area contributed by atoms with Gasteiger partial charge in [-0.15, -0.1) is 0 Å². The van der Waals surface area contributed by atoms with Crippen LogP contribution < -0.4 is 10.1 Å². The zero-order chi connectivity index (χ0) is 13.9. The van der Waals surface area contributed by atoms with Crippen molar-refractivity contribution in [2.24, 2.45) is 0 Å². The van der Waals surface area contributed by atoms with Crippen molar-refractivity contribution in [3.63, 3.8) is 0 Å². The molecular weight excluding hydrogens is 314 g/mol. The minimum Gasteiger partial charge on any atom is -0.490 e. The van der Waals surface area contributed by atoms with E-state index in [1.165, 1.54) is 24.0 Å². The highest BCUT2D eigenvalue weighted by Crippen LogP contribution is 2.32. The summed E-state index contributed by atoms with van der Waals surface area (Å²) in [4.78, 5) is 0. The molecular formula is C17H18BrNO. The molecule has 0 aromatic heterocycles. The number of hydrogen-bond acceptors (Lipinski definition) is 2. The maximum atomic E-state index is 5.89. The van der Waals surface area contributed by atoms with Crippen molar-refractivity contribution in [1.29, 1.82) is 0 Å². The van der Waals surface area contributed by atoms with Crippen LogP contribution in [-0.4, -0.2) is 13.2 Å². The van der Waals surface area contributed by atoms with Crippen LogP contribution in [0, 0.1) is 0 Å². The number of halogens is 1. The maximum absolute atomic E-state index is 5.89. The molecule has 0 heterocycles. The first-order valence-electron chi connectivity index (χ1n) is 6.96. The van der Waals surface area contributed by atoms with E-state index in [1.807, 2.05) is 19.2 Å². The standard InChI is InChI=1S/C17H18BrNO/c1-19-17(15-7-2-3-8-16(15)18)12-5-4-6-14(11-12)20-13-9-10-13/h2-8,11,13,17,19H,9-10H2,1H3. The Labute approximate surface area is 128 Å². The maximum Gasteiger partial charge on any atom is 0.120 e. The van der Waals surface area contributed by atoms with Gasteiger partial charge in [-0.2, -0.15) is 0 Å². The van der Waals surface area contributed by atoms with Gasteiger partial charge < -0.3 is 10.1 Å². The molecule has 0 aliphatic heterocycles. The van der Waals surface area contributed by atoms with E-state index in [-0.39, 0.29) is 6.04 Å². The van der Waals surface area contributed by atoms with Gasteiger partial charge in [0.25, 0.3) is 0 Å². The molecule has 3 rings (SSSR count). The van der Waals surface area contributed by atoms with Gasteiger partial charge in [-0.05, 0) is 49.2 Å². The number of hydrogen-bond donors (Lipinski definition) is 1. The van der Waals surface area contributed by atoms with Gasteiger partial charge in [0.1, 0.15) is 5.75 Å². The summed E-state index contributed by atoms with van der Waals surface area (Å²) in [6.07, 6.45) is 2.80. The predicted molar refractivity (Wildman–Crippen MR) is 85.1 cm³/mol. The quantitative estimate of drug-likeness (QED) is 0.881. The lowest BCUT2D eigenvalue weighted by Gasteiger charge is -2.19. The van der Waals surface area contributed by atoms with Crippen LogP contribution in [0.1, 0.15) is 30.0 Å². The first kappa shape index (κ1) is 13.7. The van der Waals surface area contributed by atoms with E-state index < -0.39 is 0 Å². The van der Waals surface area contributed by atoms with Crippen molar-refractivity contribution >= 4 is 15.9 Å². The van der Waals surface area contributed by atoms with E-state index in [9.17, 15) is 0 Å². The molecule has 104 valence electrons. The van der Waals surface area contributed by atoms with Crippen LogP contribution in [0.2, 0.25) is 0 Å². The summed E-state index contributed by atoms with van der Waals surface area (Å²) >= 11 is 3.63. The molecule has 2 aromatic carbocycles. The Kier molecular flexibility index (Phi) is 4.08. The highest BCUT2D eigenvalue weighted by molar-refractivity contribution is 9.10. The lowest BCUT2D eigenvalue weighted by molar-refractivity contribution is 0.302. The largest absolute Gasteiger partial charge is 0.490 e. The van der Waals surface area contributed by atoms with E-state index in [1.54, 1.807) is 0 Å². The van der Waals surface area contributed by atoms with E-state index in [2.05, 4.69) is 57.6 Å². The monoisotopic (exact) mass is 331 g/mol. The average Bonchev–Trinajstić information content (AvgIpc) is 3.26. The molecule has 2 nitrogen and oxygen atoms in total. The van der Waals surface area contributed by atoms with Crippen LogP contribution in [0.3, 0.4) is 0 Å². The van der Waals surface area contributed by atoms with E-state index in [0.717, 1.165) is 10.2 Å². The molecule has 0 radical (unpaired) electrons. The van der Waals surface area contributed by atoms with Gasteiger partial charge >= 0.3 is 0 Å². The van der Waals surface area contributed by atoms with Crippen molar-refractivity contribution in [3.05, 3.63) is 64.1 Å². The van der Waals surface area contributed by atoms with Crippen LogP contribution in [0.15, 0.2) is 53.0 Å². The number of rotatable bonds is 5. The smallest absolute Gasteiger partial charge is 0.120 e. The molecule has 3 heteroatoms. The minimum absolute atomic E-state index is 0.160. The summed E-state index contributed by atoms with van der Waals surface area (Å²) in [5, 5.41) is 3.39. The first-order chi connectivity index (χ1) is 9.78. The van der Waals surface area contributed by atoms with Crippen molar-refractivity contribution in [3.8, 4) is 5.75 Å². The van der Waals surface area contributed by atoms with Crippen molar-refractivity contribution in [1.82, 2.24) is 5.32 Å². The molecule has 1 unspecified atom stereocenters. The van der Waals surface area contributed by atoms with Crippen LogP contribution in [0.5, 0.6) is 5.75 Å². The average molecular weight is 332 g/mol. The third kappa shape index (κ3) is 3.05. The molecule has 1 aliphatic rings. The summed E-state index contributed by atoms with van der Waals surface area (Å²) in [5.74, 6) is 0.970. The summed E-state index contributed by atoms with van der Waals surface area (Å²) in [6.45, 7) is 0. The number of nitrogens with one attached hydrogen (secondary N) is 1. The second-order valence-corrected chi connectivity index (χ2v) is 5.99. The van der Waals surface area contributed by atoms with E-state index >= 15 is 0 Å². The molecule has 2 aromatic rings. The molecule has 1 aliphatic carbocycles. The van der Waals surface area contributed by atoms with Crippen LogP contribution in [0.25, 0.3) is 0 Å². The van der Waals surface area contributed by atoms with Crippen LogP contribution in [-0.2, 0) is 0 Å². The minimum atomic E-state index is 0.160. The van der Waals surface area contributed by atoms with Gasteiger partial charge in [-0.25, -0.2) is 0 Å². The van der Waals surface area contributed by atoms with Gasteiger partial charge in [-0.3, -0.25) is 0 Å². The molecule has 1 atom stereocenters. The number of ether oxygens (including phenoxy) is 1. The highest BCUT2D eigenvalue weighted by atomic mass is 79.9.